The van der Waals surface area contributed by atoms with E-state index < -0.39 is 122 Å². The zero-order valence-corrected chi connectivity index (χ0v) is 46.0. The first-order valence-corrected chi connectivity index (χ1v) is 28.2. The van der Waals surface area contributed by atoms with E-state index in [2.05, 4.69) is 20.8 Å². The molecule has 3 saturated carbocycles. The molecule has 10 rings (SSSR count). The van der Waals surface area contributed by atoms with Crippen molar-refractivity contribution in [3.05, 3.63) is 0 Å². The molecule has 10 aliphatic rings. The van der Waals surface area contributed by atoms with Gasteiger partial charge in [0, 0.05) is 85.2 Å². The Morgan fingerprint density at radius 1 is 0.500 bits per heavy atom. The van der Waals surface area contributed by atoms with Crippen LogP contribution in [0.4, 0.5) is 0 Å². The van der Waals surface area contributed by atoms with Crippen molar-refractivity contribution in [1.82, 2.24) is 0 Å². The average Bonchev–Trinajstić information content (AvgIpc) is 3.88. The molecule has 29 atom stereocenters. The highest BCUT2D eigenvalue weighted by Gasteiger charge is 2.70. The Morgan fingerprint density at radius 2 is 0.973 bits per heavy atom. The average molecular weight is 1060 g/mol. The lowest BCUT2D eigenvalue weighted by Crippen LogP contribution is -2.58. The molecule has 0 unspecified atom stereocenters. The maximum absolute atomic E-state index is 13.4. The third-order valence-electron chi connectivity index (χ3n) is 20.1. The Labute approximate surface area is 438 Å². The minimum absolute atomic E-state index is 0.00407. The highest BCUT2D eigenvalue weighted by Crippen LogP contribution is 2.67. The lowest BCUT2D eigenvalue weighted by Gasteiger charge is -2.57. The number of aliphatic hydroxyl groups excluding tert-OH is 2. The minimum atomic E-state index is -0.835. The minimum Gasteiger partial charge on any atom is -0.390 e. The van der Waals surface area contributed by atoms with E-state index in [1.807, 2.05) is 27.7 Å². The van der Waals surface area contributed by atoms with Crippen molar-refractivity contribution in [1.29, 1.82) is 0 Å². The summed E-state index contributed by atoms with van der Waals surface area (Å²) in [5.74, 6) is 0.591. The molecule has 2 bridgehead atoms. The van der Waals surface area contributed by atoms with Gasteiger partial charge in [0.15, 0.2) is 37.2 Å². The second-order valence-corrected chi connectivity index (χ2v) is 24.2. The highest BCUT2D eigenvalue weighted by molar-refractivity contribution is 5.88. The summed E-state index contributed by atoms with van der Waals surface area (Å²) in [4.78, 5) is 13.4. The molecule has 10 fully saturated rings. The number of aliphatic hydroxyl groups is 2. The molecule has 0 radical (unpaired) electrons. The number of fused-ring (bicyclic) bond motifs is 5. The van der Waals surface area contributed by atoms with Gasteiger partial charge in [0.2, 0.25) is 0 Å². The highest BCUT2D eigenvalue weighted by atomic mass is 16.8. The largest absolute Gasteiger partial charge is 0.390 e. The van der Waals surface area contributed by atoms with E-state index in [9.17, 15) is 15.0 Å². The quantitative estimate of drug-likeness (QED) is 0.207. The summed E-state index contributed by atoms with van der Waals surface area (Å²) in [6, 6.07) is 0. The topological polar surface area (TPSA) is 205 Å². The van der Waals surface area contributed by atoms with E-state index in [1.54, 1.807) is 35.4 Å². The molecule has 0 aromatic carbocycles. The number of rotatable bonds is 14. The molecule has 0 aromatic heterocycles. The zero-order chi connectivity index (χ0) is 52.6. The predicted octanol–water partition coefficient (Wildman–Crippen LogP) is 5.47. The number of carbonyl (C=O) groups excluding carboxylic acids is 1. The third kappa shape index (κ3) is 10.5. The van der Waals surface area contributed by atoms with Crippen molar-refractivity contribution in [3.63, 3.8) is 0 Å². The first-order chi connectivity index (χ1) is 35.3. The fourth-order valence-corrected chi connectivity index (χ4v) is 15.8. The van der Waals surface area contributed by atoms with Crippen LogP contribution in [0.3, 0.4) is 0 Å². The van der Waals surface area contributed by atoms with Crippen LogP contribution in [0.5, 0.6) is 0 Å². The molecule has 2 N–H and O–H groups in total. The second kappa shape index (κ2) is 22.5. The van der Waals surface area contributed by atoms with Gasteiger partial charge in [0.1, 0.15) is 36.3 Å². The fraction of sp³-hybridized carbons (Fsp3) is 0.982. The zero-order valence-electron chi connectivity index (χ0n) is 46.0. The van der Waals surface area contributed by atoms with Crippen LogP contribution < -0.4 is 0 Å². The molecular weight excluding hydrogens is 965 g/mol. The van der Waals surface area contributed by atoms with E-state index in [1.165, 1.54) is 0 Å². The van der Waals surface area contributed by atoms with Crippen molar-refractivity contribution in [2.75, 3.05) is 28.4 Å². The van der Waals surface area contributed by atoms with E-state index in [-0.39, 0.29) is 54.2 Å². The van der Waals surface area contributed by atoms with Crippen LogP contribution in [-0.2, 0) is 80.6 Å². The monoisotopic (exact) mass is 1050 g/mol. The van der Waals surface area contributed by atoms with Gasteiger partial charge in [0.25, 0.3) is 0 Å². The summed E-state index contributed by atoms with van der Waals surface area (Å²) in [7, 11) is 6.52. The van der Waals surface area contributed by atoms with E-state index in [0.29, 0.717) is 43.8 Å². The van der Waals surface area contributed by atoms with Gasteiger partial charge in [-0.2, -0.15) is 0 Å². The van der Waals surface area contributed by atoms with Crippen molar-refractivity contribution in [2.45, 2.75) is 286 Å². The van der Waals surface area contributed by atoms with Crippen LogP contribution in [0.2, 0.25) is 0 Å². The smallest absolute Gasteiger partial charge is 0.172 e. The molecule has 0 amide bonds. The Hall–Kier alpha value is -1.05. The summed E-state index contributed by atoms with van der Waals surface area (Å²) in [6.07, 6.45) is -1.78. The molecular formula is C55H90O19. The summed E-state index contributed by atoms with van der Waals surface area (Å²) >= 11 is 0. The fourth-order valence-electron chi connectivity index (χ4n) is 15.8. The Bertz CT molecular complexity index is 1890. The van der Waals surface area contributed by atoms with Crippen molar-refractivity contribution in [3.8, 4) is 0 Å². The molecule has 1 spiro atoms. The van der Waals surface area contributed by atoms with Crippen LogP contribution >= 0.6 is 0 Å². The lowest BCUT2D eigenvalue weighted by molar-refractivity contribution is -0.352. The molecule has 3 aliphatic carbocycles. The molecule has 7 aliphatic heterocycles. The lowest BCUT2D eigenvalue weighted by atomic mass is 9.52. The normalized spacial score (nSPS) is 54.8. The molecule has 424 valence electrons. The van der Waals surface area contributed by atoms with Gasteiger partial charge in [-0.25, -0.2) is 0 Å². The second-order valence-electron chi connectivity index (χ2n) is 24.2. The van der Waals surface area contributed by atoms with E-state index >= 15 is 0 Å². The maximum Gasteiger partial charge on any atom is 0.172 e. The molecule has 74 heavy (non-hydrogen) atoms. The van der Waals surface area contributed by atoms with Crippen molar-refractivity contribution >= 4 is 5.78 Å². The number of hydrogen-bond acceptors (Lipinski definition) is 19. The van der Waals surface area contributed by atoms with Gasteiger partial charge in [-0.3, -0.25) is 4.79 Å². The maximum atomic E-state index is 13.4. The van der Waals surface area contributed by atoms with Crippen LogP contribution in [0.1, 0.15) is 139 Å². The summed E-state index contributed by atoms with van der Waals surface area (Å²) in [6.45, 7) is 16.2. The number of Topliss-reactive ketones (excluding diaryl/α,β-unsaturated/α-hetero) is 1. The first kappa shape index (κ1) is 56.2. The number of methoxy groups -OCH3 is 4. The van der Waals surface area contributed by atoms with Crippen LogP contribution in [0.15, 0.2) is 0 Å². The van der Waals surface area contributed by atoms with Crippen molar-refractivity contribution < 1.29 is 90.8 Å². The molecule has 7 heterocycles. The Kier molecular flexibility index (Phi) is 17.1. The van der Waals surface area contributed by atoms with Gasteiger partial charge in [0.05, 0.1) is 84.8 Å². The van der Waals surface area contributed by atoms with Crippen LogP contribution in [0, 0.1) is 28.6 Å². The van der Waals surface area contributed by atoms with E-state index in [0.717, 1.165) is 44.9 Å². The van der Waals surface area contributed by atoms with Crippen molar-refractivity contribution in [2.24, 2.45) is 28.6 Å². The number of ether oxygens (including phenoxy) is 16. The number of hydrogen-bond donors (Lipinski definition) is 2. The molecule has 0 aromatic rings. The summed E-state index contributed by atoms with van der Waals surface area (Å²) < 4.78 is 102. The molecule has 19 nitrogen and oxygen atoms in total. The SMILES string of the molecule is CO[C@H]1C[C@H](O[C@@H]2[C@@H](C)O[C@@H](O[C@@H]3[C@@H](C)O[C@@H](O[C@H]4[C@@H](O)C[C@H](O[C@H]5CC[C@@]6(C)[C@@H](CC[C@@]78O[C@@H](C)[C@@H]9CCC(=O)[C@]9(C)[C@@H](C[C@@H]76)O8)C5)O[C@@H]4C)C[C@H]3OC)C[C@H]2OC)O[C@H](C)[C@H]1O[C@H]1C[C@@H](OC)[C@H](O)[C@@H](C)O1. The van der Waals surface area contributed by atoms with E-state index in [4.69, 9.17) is 75.8 Å². The molecule has 7 saturated heterocycles. The van der Waals surface area contributed by atoms with Gasteiger partial charge >= 0.3 is 0 Å². The first-order valence-electron chi connectivity index (χ1n) is 28.2. The van der Waals surface area contributed by atoms with Gasteiger partial charge < -0.3 is 86.0 Å². The standard InChI is InChI=1S/C55H90O19/c1-26-34-13-14-41(57)54(34,8)42-25-40-53(7)17-16-33(19-32(53)15-18-55(40,73-26)74-42)68-43-20-35(56)49(28(3)64-43)69-45-22-37(60-10)51(29(4)65-45)71-47-24-39(62-12)52(31(6)67-47)72-46-23-38(61-11)50(30(5)66-46)70-44-21-36(59-9)48(58)27(2)63-44/h26-40,42-52,56,58H,13-25H2,1-12H3/t26-,27+,28+,29+,30+,31+,32-,33-,34-,35-,36+,37+,38-,39+,40+,42+,43-,44-,45-,46-,47-,48+,49+,50+,51+,52+,53-,54+,55-/m0/s1. The summed E-state index contributed by atoms with van der Waals surface area (Å²) in [5.41, 5.74) is -0.466. The van der Waals surface area contributed by atoms with Gasteiger partial charge in [-0.05, 0) is 98.3 Å². The van der Waals surface area contributed by atoms with Gasteiger partial charge in [-0.1, -0.05) is 6.92 Å². The predicted molar refractivity (Wildman–Crippen MR) is 261 cm³/mol. The number of ketones is 1. The Morgan fingerprint density at radius 3 is 1.49 bits per heavy atom. The van der Waals surface area contributed by atoms with Gasteiger partial charge in [-0.15, -0.1) is 0 Å². The van der Waals surface area contributed by atoms with Crippen LogP contribution in [0.25, 0.3) is 0 Å². The summed E-state index contributed by atoms with van der Waals surface area (Å²) in [5, 5.41) is 22.1. The third-order valence-corrected chi connectivity index (χ3v) is 20.1. The number of carbonyl (C=O) groups is 1. The Balaban J connectivity index is 0.681. The molecule has 19 heteroatoms. The van der Waals surface area contributed by atoms with Crippen LogP contribution in [-0.4, -0.2) is 192 Å².